The van der Waals surface area contributed by atoms with Crippen LogP contribution in [0, 0.1) is 5.92 Å². The molecule has 0 aromatic heterocycles. The van der Waals surface area contributed by atoms with Crippen LogP contribution in [-0.4, -0.2) is 61.1 Å². The standard InChI is InChI=1S/C15H28N2O2/c1-12(2)10-15(18)17-7-4-13(5-8-17)16(3)14-6-9-19-11-14/h12-14H,4-11H2,1-3H3/t14-/m1/s1. The molecule has 2 fully saturated rings. The van der Waals surface area contributed by atoms with Gasteiger partial charge in [-0.15, -0.1) is 0 Å². The zero-order valence-corrected chi connectivity index (χ0v) is 12.6. The minimum atomic E-state index is 0.334. The van der Waals surface area contributed by atoms with E-state index in [1.807, 2.05) is 0 Å². The van der Waals surface area contributed by atoms with E-state index in [9.17, 15) is 4.79 Å². The molecule has 0 aliphatic carbocycles. The third-order valence-corrected chi connectivity index (χ3v) is 4.46. The Kier molecular flexibility index (Phi) is 5.22. The summed E-state index contributed by atoms with van der Waals surface area (Å²) in [6.07, 6.45) is 4.06. The van der Waals surface area contributed by atoms with Crippen molar-refractivity contribution in [2.45, 2.75) is 51.6 Å². The van der Waals surface area contributed by atoms with Crippen molar-refractivity contribution in [3.8, 4) is 0 Å². The lowest BCUT2D eigenvalue weighted by atomic mass is 10.0. The molecule has 2 saturated heterocycles. The summed E-state index contributed by atoms with van der Waals surface area (Å²) < 4.78 is 5.47. The molecule has 0 bridgehead atoms. The van der Waals surface area contributed by atoms with Crippen LogP contribution in [0.3, 0.4) is 0 Å². The topological polar surface area (TPSA) is 32.8 Å². The van der Waals surface area contributed by atoms with E-state index in [0.717, 1.165) is 45.6 Å². The van der Waals surface area contributed by atoms with Crippen LogP contribution < -0.4 is 0 Å². The van der Waals surface area contributed by atoms with E-state index in [1.54, 1.807) is 0 Å². The predicted octanol–water partition coefficient (Wildman–Crippen LogP) is 1.74. The second-order valence-corrected chi connectivity index (χ2v) is 6.39. The molecule has 0 spiro atoms. The maximum Gasteiger partial charge on any atom is 0.222 e. The maximum absolute atomic E-state index is 12.0. The number of rotatable bonds is 4. The molecule has 4 nitrogen and oxygen atoms in total. The quantitative estimate of drug-likeness (QED) is 0.778. The van der Waals surface area contributed by atoms with Crippen LogP contribution in [0.15, 0.2) is 0 Å². The average molecular weight is 268 g/mol. The number of carbonyl (C=O) groups excluding carboxylic acids is 1. The van der Waals surface area contributed by atoms with E-state index >= 15 is 0 Å². The van der Waals surface area contributed by atoms with Crippen molar-refractivity contribution in [3.05, 3.63) is 0 Å². The van der Waals surface area contributed by atoms with E-state index in [4.69, 9.17) is 4.74 Å². The minimum Gasteiger partial charge on any atom is -0.380 e. The zero-order valence-electron chi connectivity index (χ0n) is 12.6. The highest BCUT2D eigenvalue weighted by molar-refractivity contribution is 5.76. The summed E-state index contributed by atoms with van der Waals surface area (Å²) in [7, 11) is 2.22. The summed E-state index contributed by atoms with van der Waals surface area (Å²) in [5.41, 5.74) is 0. The van der Waals surface area contributed by atoms with Crippen LogP contribution in [-0.2, 0) is 9.53 Å². The second-order valence-electron chi connectivity index (χ2n) is 6.39. The van der Waals surface area contributed by atoms with Gasteiger partial charge in [0.05, 0.1) is 6.61 Å². The lowest BCUT2D eigenvalue weighted by Gasteiger charge is -2.39. The van der Waals surface area contributed by atoms with Crippen molar-refractivity contribution in [2.24, 2.45) is 5.92 Å². The fraction of sp³-hybridized carbons (Fsp3) is 0.933. The Morgan fingerprint density at radius 1 is 1.26 bits per heavy atom. The van der Waals surface area contributed by atoms with Gasteiger partial charge in [-0.1, -0.05) is 13.8 Å². The van der Waals surface area contributed by atoms with Crippen molar-refractivity contribution in [1.29, 1.82) is 0 Å². The first-order chi connectivity index (χ1) is 9.08. The van der Waals surface area contributed by atoms with Gasteiger partial charge in [-0.2, -0.15) is 0 Å². The maximum atomic E-state index is 12.0. The second kappa shape index (κ2) is 6.71. The molecule has 2 rings (SSSR count). The Bertz CT molecular complexity index is 293. The van der Waals surface area contributed by atoms with E-state index in [2.05, 4.69) is 30.7 Å². The average Bonchev–Trinajstić information content (AvgIpc) is 2.91. The molecule has 0 radical (unpaired) electrons. The number of nitrogens with zero attached hydrogens (tertiary/aromatic N) is 2. The number of likely N-dealkylation sites (tertiary alicyclic amines) is 1. The molecule has 0 aromatic rings. The molecule has 2 aliphatic rings. The van der Waals surface area contributed by atoms with Gasteiger partial charge in [-0.25, -0.2) is 0 Å². The molecular weight excluding hydrogens is 240 g/mol. The summed E-state index contributed by atoms with van der Waals surface area (Å²) in [5, 5.41) is 0. The number of likely N-dealkylation sites (N-methyl/N-ethyl adjacent to an activating group) is 1. The van der Waals surface area contributed by atoms with Crippen molar-refractivity contribution >= 4 is 5.91 Å². The highest BCUT2D eigenvalue weighted by Gasteiger charge is 2.30. The highest BCUT2D eigenvalue weighted by atomic mass is 16.5. The molecular formula is C15H28N2O2. The third kappa shape index (κ3) is 3.93. The lowest BCUT2D eigenvalue weighted by molar-refractivity contribution is -0.133. The van der Waals surface area contributed by atoms with Gasteiger partial charge in [0.2, 0.25) is 5.91 Å². The number of carbonyl (C=O) groups is 1. The van der Waals surface area contributed by atoms with Crippen LogP contribution in [0.5, 0.6) is 0 Å². The first-order valence-electron chi connectivity index (χ1n) is 7.65. The molecule has 2 aliphatic heterocycles. The molecule has 2 heterocycles. The van der Waals surface area contributed by atoms with Crippen molar-refractivity contribution in [1.82, 2.24) is 9.80 Å². The summed E-state index contributed by atoms with van der Waals surface area (Å²) in [6.45, 7) is 7.85. The summed E-state index contributed by atoms with van der Waals surface area (Å²) in [5.74, 6) is 0.795. The largest absolute Gasteiger partial charge is 0.380 e. The number of hydrogen-bond donors (Lipinski definition) is 0. The van der Waals surface area contributed by atoms with Gasteiger partial charge in [-0.3, -0.25) is 9.69 Å². The monoisotopic (exact) mass is 268 g/mol. The third-order valence-electron chi connectivity index (χ3n) is 4.46. The molecule has 110 valence electrons. The number of ether oxygens (including phenoxy) is 1. The Morgan fingerprint density at radius 2 is 1.95 bits per heavy atom. The SMILES string of the molecule is CC(C)CC(=O)N1CCC(N(C)[C@@H]2CCOC2)CC1. The van der Waals surface area contributed by atoms with E-state index in [0.29, 0.717) is 30.3 Å². The van der Waals surface area contributed by atoms with E-state index < -0.39 is 0 Å². The van der Waals surface area contributed by atoms with Crippen LogP contribution in [0.1, 0.15) is 39.5 Å². The normalized spacial score (nSPS) is 25.5. The van der Waals surface area contributed by atoms with E-state index in [1.165, 1.54) is 0 Å². The van der Waals surface area contributed by atoms with Gasteiger partial charge >= 0.3 is 0 Å². The van der Waals surface area contributed by atoms with Gasteiger partial charge in [-0.05, 0) is 32.2 Å². The molecule has 0 unspecified atom stereocenters. The Morgan fingerprint density at radius 3 is 2.47 bits per heavy atom. The Balaban J connectivity index is 1.76. The first-order valence-corrected chi connectivity index (χ1v) is 7.65. The summed E-state index contributed by atoms with van der Waals surface area (Å²) >= 11 is 0. The van der Waals surface area contributed by atoms with Crippen LogP contribution in [0.2, 0.25) is 0 Å². The highest BCUT2D eigenvalue weighted by Crippen LogP contribution is 2.21. The number of hydrogen-bond acceptors (Lipinski definition) is 3. The van der Waals surface area contributed by atoms with Crippen molar-refractivity contribution in [2.75, 3.05) is 33.4 Å². The Labute approximate surface area is 117 Å². The van der Waals surface area contributed by atoms with E-state index in [-0.39, 0.29) is 0 Å². The summed E-state index contributed by atoms with van der Waals surface area (Å²) in [6, 6.07) is 1.21. The Hall–Kier alpha value is -0.610. The van der Waals surface area contributed by atoms with Gasteiger partial charge in [0.15, 0.2) is 0 Å². The van der Waals surface area contributed by atoms with Gasteiger partial charge < -0.3 is 9.64 Å². The van der Waals surface area contributed by atoms with Gasteiger partial charge in [0.1, 0.15) is 0 Å². The molecule has 0 saturated carbocycles. The fourth-order valence-electron chi connectivity index (χ4n) is 3.14. The molecule has 1 amide bonds. The number of piperidine rings is 1. The van der Waals surface area contributed by atoms with Gasteiger partial charge in [0, 0.05) is 38.2 Å². The molecule has 19 heavy (non-hydrogen) atoms. The van der Waals surface area contributed by atoms with Crippen molar-refractivity contribution < 1.29 is 9.53 Å². The predicted molar refractivity (Wildman–Crippen MR) is 76.0 cm³/mol. The zero-order chi connectivity index (χ0) is 13.8. The lowest BCUT2D eigenvalue weighted by Crippen LogP contribution is -2.48. The fourth-order valence-corrected chi connectivity index (χ4v) is 3.14. The van der Waals surface area contributed by atoms with Gasteiger partial charge in [0.25, 0.3) is 0 Å². The van der Waals surface area contributed by atoms with Crippen molar-refractivity contribution in [3.63, 3.8) is 0 Å². The first kappa shape index (κ1) is 14.8. The van der Waals surface area contributed by atoms with Crippen LogP contribution in [0.25, 0.3) is 0 Å². The minimum absolute atomic E-state index is 0.334. The summed E-state index contributed by atoms with van der Waals surface area (Å²) in [4.78, 5) is 16.6. The number of amides is 1. The smallest absolute Gasteiger partial charge is 0.222 e. The molecule has 1 atom stereocenters. The molecule has 4 heteroatoms. The van der Waals surface area contributed by atoms with Crippen LogP contribution in [0.4, 0.5) is 0 Å². The molecule has 0 N–H and O–H groups in total. The van der Waals surface area contributed by atoms with Crippen LogP contribution >= 0.6 is 0 Å². The molecule has 0 aromatic carbocycles.